The van der Waals surface area contributed by atoms with Crippen molar-refractivity contribution in [1.29, 1.82) is 0 Å². The lowest BCUT2D eigenvalue weighted by Crippen LogP contribution is -2.26. The molecule has 0 aliphatic heterocycles. The second kappa shape index (κ2) is 5.56. The maximum absolute atomic E-state index is 12.1. The third kappa shape index (κ3) is 3.13. The summed E-state index contributed by atoms with van der Waals surface area (Å²) in [6.07, 6.45) is 1.60. The summed E-state index contributed by atoms with van der Waals surface area (Å²) in [5.41, 5.74) is 0.564. The molecule has 0 saturated carbocycles. The first-order valence-electron chi connectivity index (χ1n) is 6.11. The van der Waals surface area contributed by atoms with Crippen molar-refractivity contribution in [2.75, 3.05) is 12.4 Å². The summed E-state index contributed by atoms with van der Waals surface area (Å²) in [6, 6.07) is 6.95. The molecule has 2 aromatic rings. The Hall–Kier alpha value is -2.30. The maximum Gasteiger partial charge on any atom is 0.252 e. The summed E-state index contributed by atoms with van der Waals surface area (Å²) in [7, 11) is 1.76. The molecule has 2 heterocycles. The van der Waals surface area contributed by atoms with Crippen molar-refractivity contribution in [2.24, 2.45) is 0 Å². The Morgan fingerprint density at radius 2 is 2.16 bits per heavy atom. The van der Waals surface area contributed by atoms with Crippen LogP contribution in [0.15, 0.2) is 34.9 Å². The number of carbonyl (C=O) groups excluding carboxylic acids is 1. The summed E-state index contributed by atoms with van der Waals surface area (Å²) in [5.74, 6) is 2.08. The number of amides is 1. The Balaban J connectivity index is 2.08. The van der Waals surface area contributed by atoms with E-state index in [0.717, 1.165) is 11.5 Å². The van der Waals surface area contributed by atoms with Crippen LogP contribution in [-0.4, -0.2) is 17.9 Å². The van der Waals surface area contributed by atoms with Gasteiger partial charge in [0, 0.05) is 18.8 Å². The molecule has 0 spiro atoms. The Kier molecular flexibility index (Phi) is 3.85. The molecule has 2 rings (SSSR count). The average Bonchev–Trinajstić information content (AvgIpc) is 2.85. The van der Waals surface area contributed by atoms with Gasteiger partial charge in [-0.3, -0.25) is 4.79 Å². The standard InChI is InChI=1S/C14H17N3O2/c1-9-4-5-12(19-9)10(2)17-14(18)11-6-7-16-13(8-11)15-3/h4-8,10H,1-3H3,(H,15,16)(H,17,18). The van der Waals surface area contributed by atoms with E-state index in [-0.39, 0.29) is 11.9 Å². The second-order valence-corrected chi connectivity index (χ2v) is 4.32. The van der Waals surface area contributed by atoms with E-state index in [1.54, 1.807) is 25.4 Å². The van der Waals surface area contributed by atoms with Crippen LogP contribution >= 0.6 is 0 Å². The normalized spacial score (nSPS) is 11.9. The van der Waals surface area contributed by atoms with Crippen molar-refractivity contribution in [3.8, 4) is 0 Å². The molecule has 0 saturated heterocycles. The first-order valence-corrected chi connectivity index (χ1v) is 6.11. The quantitative estimate of drug-likeness (QED) is 0.885. The lowest BCUT2D eigenvalue weighted by atomic mass is 10.2. The Morgan fingerprint density at radius 1 is 1.37 bits per heavy atom. The first-order chi connectivity index (χ1) is 9.10. The number of hydrogen-bond acceptors (Lipinski definition) is 4. The van der Waals surface area contributed by atoms with Gasteiger partial charge >= 0.3 is 0 Å². The lowest BCUT2D eigenvalue weighted by Gasteiger charge is -2.12. The minimum Gasteiger partial charge on any atom is -0.464 e. The SMILES string of the molecule is CNc1cc(C(=O)NC(C)c2ccc(C)o2)ccn1. The number of pyridine rings is 1. The molecular weight excluding hydrogens is 242 g/mol. The van der Waals surface area contributed by atoms with Crippen molar-refractivity contribution in [3.63, 3.8) is 0 Å². The smallest absolute Gasteiger partial charge is 0.252 e. The third-order valence-corrected chi connectivity index (χ3v) is 2.81. The lowest BCUT2D eigenvalue weighted by molar-refractivity contribution is 0.0935. The van der Waals surface area contributed by atoms with Crippen molar-refractivity contribution in [3.05, 3.63) is 47.5 Å². The van der Waals surface area contributed by atoms with Gasteiger partial charge in [-0.2, -0.15) is 0 Å². The fraction of sp³-hybridized carbons (Fsp3) is 0.286. The van der Waals surface area contributed by atoms with Gasteiger partial charge in [0.15, 0.2) is 0 Å². The first kappa shape index (κ1) is 13.1. The van der Waals surface area contributed by atoms with Crippen LogP contribution in [-0.2, 0) is 0 Å². The van der Waals surface area contributed by atoms with Crippen LogP contribution in [0.4, 0.5) is 5.82 Å². The van der Waals surface area contributed by atoms with E-state index < -0.39 is 0 Å². The fourth-order valence-corrected chi connectivity index (χ4v) is 1.75. The topological polar surface area (TPSA) is 67.2 Å². The van der Waals surface area contributed by atoms with E-state index in [1.807, 2.05) is 26.0 Å². The number of nitrogens with zero attached hydrogens (tertiary/aromatic N) is 1. The van der Waals surface area contributed by atoms with Crippen LogP contribution in [0.1, 0.15) is 34.8 Å². The van der Waals surface area contributed by atoms with E-state index in [0.29, 0.717) is 11.4 Å². The molecule has 2 aromatic heterocycles. The fourth-order valence-electron chi connectivity index (χ4n) is 1.75. The van der Waals surface area contributed by atoms with Crippen LogP contribution in [0.25, 0.3) is 0 Å². The molecule has 1 unspecified atom stereocenters. The van der Waals surface area contributed by atoms with E-state index >= 15 is 0 Å². The highest BCUT2D eigenvalue weighted by atomic mass is 16.3. The van der Waals surface area contributed by atoms with Gasteiger partial charge in [-0.1, -0.05) is 0 Å². The van der Waals surface area contributed by atoms with E-state index in [2.05, 4.69) is 15.6 Å². The van der Waals surface area contributed by atoms with E-state index in [4.69, 9.17) is 4.42 Å². The van der Waals surface area contributed by atoms with Crippen molar-refractivity contribution in [1.82, 2.24) is 10.3 Å². The molecule has 0 radical (unpaired) electrons. The second-order valence-electron chi connectivity index (χ2n) is 4.32. The average molecular weight is 259 g/mol. The number of aryl methyl sites for hydroxylation is 1. The van der Waals surface area contributed by atoms with Gasteiger partial charge in [-0.25, -0.2) is 4.98 Å². The summed E-state index contributed by atoms with van der Waals surface area (Å²) >= 11 is 0. The van der Waals surface area contributed by atoms with Crippen LogP contribution in [0.5, 0.6) is 0 Å². The molecule has 0 aliphatic carbocycles. The molecule has 1 atom stereocenters. The van der Waals surface area contributed by atoms with E-state index in [1.165, 1.54) is 0 Å². The molecule has 19 heavy (non-hydrogen) atoms. The van der Waals surface area contributed by atoms with E-state index in [9.17, 15) is 4.79 Å². The van der Waals surface area contributed by atoms with Gasteiger partial charge in [-0.05, 0) is 38.1 Å². The minimum atomic E-state index is -0.174. The highest BCUT2D eigenvalue weighted by molar-refractivity contribution is 5.94. The Labute approximate surface area is 112 Å². The number of aromatic nitrogens is 1. The van der Waals surface area contributed by atoms with Gasteiger partial charge in [0.25, 0.3) is 5.91 Å². The van der Waals surface area contributed by atoms with Crippen molar-refractivity contribution >= 4 is 11.7 Å². The summed E-state index contributed by atoms with van der Waals surface area (Å²) in [4.78, 5) is 16.2. The molecule has 100 valence electrons. The largest absolute Gasteiger partial charge is 0.464 e. The number of nitrogens with one attached hydrogen (secondary N) is 2. The van der Waals surface area contributed by atoms with Crippen LogP contribution in [0.3, 0.4) is 0 Å². The molecular formula is C14H17N3O2. The van der Waals surface area contributed by atoms with Gasteiger partial charge in [0.2, 0.25) is 0 Å². The zero-order chi connectivity index (χ0) is 13.8. The zero-order valence-corrected chi connectivity index (χ0v) is 11.2. The summed E-state index contributed by atoms with van der Waals surface area (Å²) < 4.78 is 5.49. The third-order valence-electron chi connectivity index (χ3n) is 2.81. The van der Waals surface area contributed by atoms with Crippen molar-refractivity contribution < 1.29 is 9.21 Å². The minimum absolute atomic E-state index is 0.152. The van der Waals surface area contributed by atoms with Gasteiger partial charge < -0.3 is 15.1 Å². The Morgan fingerprint density at radius 3 is 2.79 bits per heavy atom. The number of anilines is 1. The molecule has 0 aliphatic rings. The Bertz CT molecular complexity index is 578. The number of rotatable bonds is 4. The molecule has 2 N–H and O–H groups in total. The maximum atomic E-state index is 12.1. The van der Waals surface area contributed by atoms with Crippen LogP contribution in [0, 0.1) is 6.92 Å². The van der Waals surface area contributed by atoms with Crippen LogP contribution in [0.2, 0.25) is 0 Å². The highest BCUT2D eigenvalue weighted by Gasteiger charge is 2.14. The molecule has 5 heteroatoms. The number of carbonyl (C=O) groups is 1. The van der Waals surface area contributed by atoms with Gasteiger partial charge in [0.05, 0.1) is 6.04 Å². The predicted octanol–water partition coefficient (Wildman–Crippen LogP) is 2.52. The summed E-state index contributed by atoms with van der Waals surface area (Å²) in [5, 5.41) is 5.79. The molecule has 0 bridgehead atoms. The van der Waals surface area contributed by atoms with Crippen LogP contribution < -0.4 is 10.6 Å². The molecule has 0 aromatic carbocycles. The van der Waals surface area contributed by atoms with Gasteiger partial charge in [-0.15, -0.1) is 0 Å². The number of furan rings is 1. The monoisotopic (exact) mass is 259 g/mol. The molecule has 1 amide bonds. The number of hydrogen-bond donors (Lipinski definition) is 2. The van der Waals surface area contributed by atoms with Crippen molar-refractivity contribution in [2.45, 2.75) is 19.9 Å². The molecule has 5 nitrogen and oxygen atoms in total. The predicted molar refractivity (Wildman–Crippen MR) is 73.1 cm³/mol. The molecule has 0 fully saturated rings. The summed E-state index contributed by atoms with van der Waals surface area (Å²) in [6.45, 7) is 3.76. The zero-order valence-electron chi connectivity index (χ0n) is 11.2. The van der Waals surface area contributed by atoms with Gasteiger partial charge in [0.1, 0.15) is 17.3 Å². The highest BCUT2D eigenvalue weighted by Crippen LogP contribution is 2.16.